The van der Waals surface area contributed by atoms with Gasteiger partial charge in [-0.1, -0.05) is 0 Å². The second-order valence-electron chi connectivity index (χ2n) is 2.32. The Morgan fingerprint density at radius 1 is 1.36 bits per heavy atom. The minimum absolute atomic E-state index is 0.251. The Kier molecular flexibility index (Phi) is 2.82. The number of hydrogen-bond acceptors (Lipinski definition) is 5. The second-order valence-corrected chi connectivity index (χ2v) is 2.93. The number of nitrogens with zero attached hydrogens (tertiary/aromatic N) is 1. The molecule has 0 spiro atoms. The molecule has 0 bridgehead atoms. The van der Waals surface area contributed by atoms with Gasteiger partial charge in [0.2, 0.25) is 0 Å². The van der Waals surface area contributed by atoms with E-state index in [1.54, 1.807) is 0 Å². The number of benzene rings is 1. The van der Waals surface area contributed by atoms with Gasteiger partial charge in [0.05, 0.1) is 11.3 Å². The third-order valence-corrected chi connectivity index (χ3v) is 1.73. The van der Waals surface area contributed by atoms with Gasteiger partial charge in [0.25, 0.3) is 0 Å². The highest BCUT2D eigenvalue weighted by Gasteiger charge is 2.10. The van der Waals surface area contributed by atoms with E-state index in [4.69, 9.17) is 10.2 Å². The zero-order chi connectivity index (χ0) is 10.7. The monoisotopic (exact) mass is 215 g/mol. The van der Waals surface area contributed by atoms with Crippen molar-refractivity contribution in [1.82, 2.24) is 0 Å². The molecule has 0 radical (unpaired) electrons. The molecule has 0 atom stereocenters. The number of carboxylic acid groups (broad SMARTS) is 1. The minimum atomic E-state index is -2.75. The Labute approximate surface area is 80.1 Å². The fourth-order valence-corrected chi connectivity index (χ4v) is 1.17. The Hall–Kier alpha value is -1.89. The molecule has 0 aliphatic carbocycles. The first-order chi connectivity index (χ1) is 6.50. The van der Waals surface area contributed by atoms with Gasteiger partial charge in [-0.05, 0) is 12.1 Å². The first-order valence-electron chi connectivity index (χ1n) is 3.38. The van der Waals surface area contributed by atoms with Crippen molar-refractivity contribution in [2.24, 2.45) is 4.36 Å². The second kappa shape index (κ2) is 3.88. The van der Waals surface area contributed by atoms with Gasteiger partial charge in [-0.25, -0.2) is 4.79 Å². The summed E-state index contributed by atoms with van der Waals surface area (Å²) in [5, 5.41) is 17.6. The van der Waals surface area contributed by atoms with Crippen LogP contribution in [0.15, 0.2) is 22.6 Å². The highest BCUT2D eigenvalue weighted by molar-refractivity contribution is 7.61. The lowest BCUT2D eigenvalue weighted by Gasteiger charge is -1.98. The van der Waals surface area contributed by atoms with Gasteiger partial charge in [-0.15, -0.1) is 4.36 Å². The lowest BCUT2D eigenvalue weighted by molar-refractivity contribution is 0.0698. The van der Waals surface area contributed by atoms with Crippen LogP contribution in [0.25, 0.3) is 0 Å². The smallest absolute Gasteiger partial charge is 0.337 e. The van der Waals surface area contributed by atoms with Crippen molar-refractivity contribution < 1.29 is 23.4 Å². The molecule has 14 heavy (non-hydrogen) atoms. The molecule has 0 saturated heterocycles. The summed E-state index contributed by atoms with van der Waals surface area (Å²) in [4.78, 5) is 10.6. The van der Waals surface area contributed by atoms with Crippen LogP contribution in [-0.4, -0.2) is 24.6 Å². The van der Waals surface area contributed by atoms with Crippen molar-refractivity contribution in [1.29, 1.82) is 0 Å². The molecule has 7 heteroatoms. The molecule has 0 unspecified atom stereocenters. The Balaban J connectivity index is 3.45. The summed E-state index contributed by atoms with van der Waals surface area (Å²) < 4.78 is 23.4. The third-order valence-electron chi connectivity index (χ3n) is 1.38. The quantitative estimate of drug-likeness (QED) is 0.758. The molecule has 74 valence electrons. The molecule has 1 rings (SSSR count). The number of carbonyl (C=O) groups is 1. The Bertz CT molecular complexity index is 497. The number of hydrogen-bond donors (Lipinski definition) is 2. The lowest BCUT2D eigenvalue weighted by Crippen LogP contribution is -1.95. The normalized spacial score (nSPS) is 9.43. The highest BCUT2D eigenvalue weighted by atomic mass is 32.2. The standard InChI is InChI=1S/C7H5NO5S/c9-4-1-2-5(7(10)11)6(3-4)8-14(12)13/h1-3,9H,(H,10,11). The number of aromatic hydroxyl groups is 1. The summed E-state index contributed by atoms with van der Waals surface area (Å²) in [6.45, 7) is 0. The summed E-state index contributed by atoms with van der Waals surface area (Å²) in [5.41, 5.74) is -0.585. The zero-order valence-corrected chi connectivity index (χ0v) is 7.52. The number of carboxylic acids is 1. The van der Waals surface area contributed by atoms with Gasteiger partial charge in [0.15, 0.2) is 0 Å². The molecule has 2 N–H and O–H groups in total. The fraction of sp³-hybridized carbons (Fsp3) is 0. The summed E-state index contributed by atoms with van der Waals surface area (Å²) in [7, 11) is -2.75. The maximum atomic E-state index is 10.6. The van der Waals surface area contributed by atoms with Crippen molar-refractivity contribution in [3.05, 3.63) is 23.8 Å². The van der Waals surface area contributed by atoms with E-state index in [0.717, 1.165) is 18.2 Å². The topological polar surface area (TPSA) is 104 Å². The van der Waals surface area contributed by atoms with Crippen LogP contribution in [0.4, 0.5) is 5.69 Å². The molecule has 0 fully saturated rings. The predicted octanol–water partition coefficient (Wildman–Crippen LogP) is 0.785. The van der Waals surface area contributed by atoms with Crippen LogP contribution in [0.5, 0.6) is 5.75 Å². The number of phenols is 1. The van der Waals surface area contributed by atoms with E-state index in [-0.39, 0.29) is 17.0 Å². The molecule has 0 aromatic heterocycles. The summed E-state index contributed by atoms with van der Waals surface area (Å²) in [5.74, 6) is -1.56. The van der Waals surface area contributed by atoms with Crippen LogP contribution in [0, 0.1) is 0 Å². The maximum absolute atomic E-state index is 10.6. The number of rotatable bonds is 2. The van der Waals surface area contributed by atoms with Crippen LogP contribution < -0.4 is 0 Å². The molecule has 6 nitrogen and oxygen atoms in total. The average molecular weight is 215 g/mol. The van der Waals surface area contributed by atoms with E-state index in [2.05, 4.69) is 4.36 Å². The van der Waals surface area contributed by atoms with E-state index in [1.807, 2.05) is 0 Å². The van der Waals surface area contributed by atoms with Crippen LogP contribution in [0.1, 0.15) is 10.4 Å². The molecule has 0 amide bonds. The highest BCUT2D eigenvalue weighted by Crippen LogP contribution is 2.24. The minimum Gasteiger partial charge on any atom is -0.508 e. The molecular formula is C7H5NO5S. The van der Waals surface area contributed by atoms with E-state index in [1.165, 1.54) is 0 Å². The van der Waals surface area contributed by atoms with Crippen molar-refractivity contribution in [2.75, 3.05) is 0 Å². The van der Waals surface area contributed by atoms with Crippen molar-refractivity contribution in [2.45, 2.75) is 0 Å². The molecule has 0 aliphatic rings. The van der Waals surface area contributed by atoms with Crippen LogP contribution in [-0.2, 0) is 10.5 Å². The van der Waals surface area contributed by atoms with Gasteiger partial charge in [0.1, 0.15) is 5.75 Å². The van der Waals surface area contributed by atoms with Gasteiger partial charge in [0, 0.05) is 6.07 Å². The summed E-state index contributed by atoms with van der Waals surface area (Å²) in [6.07, 6.45) is 0. The molecular weight excluding hydrogens is 210 g/mol. The summed E-state index contributed by atoms with van der Waals surface area (Å²) in [6, 6.07) is 3.17. The van der Waals surface area contributed by atoms with E-state index in [9.17, 15) is 13.2 Å². The molecule has 0 saturated carbocycles. The molecule has 1 aromatic carbocycles. The number of phenolic OH excluding ortho intramolecular Hbond substituents is 1. The first kappa shape index (κ1) is 10.2. The predicted molar refractivity (Wildman–Crippen MR) is 46.1 cm³/mol. The Morgan fingerprint density at radius 2 is 2.00 bits per heavy atom. The van der Waals surface area contributed by atoms with E-state index in [0.29, 0.717) is 0 Å². The van der Waals surface area contributed by atoms with E-state index < -0.39 is 16.5 Å². The fourth-order valence-electron chi connectivity index (χ4n) is 0.857. The number of aromatic carboxylic acids is 1. The molecule has 0 aliphatic heterocycles. The van der Waals surface area contributed by atoms with E-state index >= 15 is 0 Å². The zero-order valence-electron chi connectivity index (χ0n) is 6.71. The van der Waals surface area contributed by atoms with Crippen LogP contribution >= 0.6 is 0 Å². The van der Waals surface area contributed by atoms with Gasteiger partial charge < -0.3 is 10.2 Å². The maximum Gasteiger partial charge on any atom is 0.337 e. The average Bonchev–Trinajstić information content (AvgIpc) is 2.01. The lowest BCUT2D eigenvalue weighted by atomic mass is 10.2. The SMILES string of the molecule is O=C(O)c1ccc(O)cc1N=S(=O)=O. The van der Waals surface area contributed by atoms with Gasteiger partial charge in [-0.3, -0.25) is 0 Å². The van der Waals surface area contributed by atoms with Crippen molar-refractivity contribution in [3.63, 3.8) is 0 Å². The Morgan fingerprint density at radius 3 is 2.50 bits per heavy atom. The largest absolute Gasteiger partial charge is 0.508 e. The third kappa shape index (κ3) is 2.30. The van der Waals surface area contributed by atoms with Gasteiger partial charge >= 0.3 is 16.5 Å². The molecule has 1 aromatic rings. The van der Waals surface area contributed by atoms with Crippen LogP contribution in [0.2, 0.25) is 0 Å². The summed E-state index contributed by atoms with van der Waals surface area (Å²) >= 11 is 0. The first-order valence-corrected chi connectivity index (χ1v) is 4.41. The molecule has 0 heterocycles. The van der Waals surface area contributed by atoms with Crippen molar-refractivity contribution >= 4 is 22.2 Å². The van der Waals surface area contributed by atoms with Crippen molar-refractivity contribution in [3.8, 4) is 5.75 Å². The van der Waals surface area contributed by atoms with Gasteiger partial charge in [-0.2, -0.15) is 8.42 Å². The van der Waals surface area contributed by atoms with Crippen LogP contribution in [0.3, 0.4) is 0 Å².